The van der Waals surface area contributed by atoms with Crippen LogP contribution in [-0.2, 0) is 4.74 Å². The molecule has 5 heteroatoms. The van der Waals surface area contributed by atoms with Crippen LogP contribution < -0.4 is 10.6 Å². The number of ether oxygens (including phenoxy) is 1. The number of aliphatic hydroxyl groups excluding tert-OH is 1. The summed E-state index contributed by atoms with van der Waals surface area (Å²) >= 11 is 0. The molecule has 0 fully saturated rings. The molecule has 0 saturated heterocycles. The number of nitrogen functional groups attached to an aromatic ring is 1. The van der Waals surface area contributed by atoms with Crippen LogP contribution in [0, 0.1) is 0 Å². The van der Waals surface area contributed by atoms with Crippen LogP contribution in [0.3, 0.4) is 0 Å². The average Bonchev–Trinajstić information content (AvgIpc) is 2.18. The first kappa shape index (κ1) is 11.7. The van der Waals surface area contributed by atoms with Gasteiger partial charge in [0.05, 0.1) is 12.7 Å². The van der Waals surface area contributed by atoms with E-state index in [1.165, 1.54) is 0 Å². The maximum Gasteiger partial charge on any atom is 0.125 e. The molecule has 0 radical (unpaired) electrons. The number of methoxy groups -OCH3 is 1. The van der Waals surface area contributed by atoms with Crippen molar-refractivity contribution in [1.82, 2.24) is 4.98 Å². The number of hydrogen-bond acceptors (Lipinski definition) is 5. The number of nitrogens with zero attached hydrogens (tertiary/aromatic N) is 2. The summed E-state index contributed by atoms with van der Waals surface area (Å²) in [5.41, 5.74) is 6.49. The van der Waals surface area contributed by atoms with Crippen molar-refractivity contribution in [2.24, 2.45) is 0 Å². The fourth-order valence-electron chi connectivity index (χ4n) is 1.34. The Morgan fingerprint density at radius 2 is 2.40 bits per heavy atom. The van der Waals surface area contributed by atoms with E-state index in [1.54, 1.807) is 19.4 Å². The van der Waals surface area contributed by atoms with E-state index in [4.69, 9.17) is 10.5 Å². The van der Waals surface area contributed by atoms with E-state index in [0.717, 1.165) is 5.69 Å². The standard InChI is InChI=1S/C10H17N3O2/c1-13(6-9(14)7-15-2)8-3-4-12-10(11)5-8/h3-5,9,14H,6-7H2,1-2H3,(H2,11,12). The zero-order valence-electron chi connectivity index (χ0n) is 9.05. The number of nitrogens with two attached hydrogens (primary N) is 1. The minimum atomic E-state index is -0.505. The predicted molar refractivity (Wildman–Crippen MR) is 59.8 cm³/mol. The van der Waals surface area contributed by atoms with Gasteiger partial charge in [-0.1, -0.05) is 0 Å². The Morgan fingerprint density at radius 3 is 3.00 bits per heavy atom. The Kier molecular flexibility index (Phi) is 4.33. The van der Waals surface area contributed by atoms with Crippen molar-refractivity contribution in [2.45, 2.75) is 6.10 Å². The summed E-state index contributed by atoms with van der Waals surface area (Å²) in [6.07, 6.45) is 1.14. The topological polar surface area (TPSA) is 71.6 Å². The molecule has 1 rings (SSSR count). The minimum Gasteiger partial charge on any atom is -0.389 e. The smallest absolute Gasteiger partial charge is 0.125 e. The van der Waals surface area contributed by atoms with Gasteiger partial charge in [-0.05, 0) is 6.07 Å². The summed E-state index contributed by atoms with van der Waals surface area (Å²) < 4.78 is 4.85. The van der Waals surface area contributed by atoms with Gasteiger partial charge in [-0.3, -0.25) is 0 Å². The highest BCUT2D eigenvalue weighted by atomic mass is 16.5. The van der Waals surface area contributed by atoms with Crippen molar-refractivity contribution in [3.8, 4) is 0 Å². The van der Waals surface area contributed by atoms with Gasteiger partial charge < -0.3 is 20.5 Å². The zero-order valence-corrected chi connectivity index (χ0v) is 9.05. The van der Waals surface area contributed by atoms with Crippen LogP contribution in [0.2, 0.25) is 0 Å². The molecule has 0 spiro atoms. The minimum absolute atomic E-state index is 0.324. The van der Waals surface area contributed by atoms with Crippen molar-refractivity contribution in [1.29, 1.82) is 0 Å². The molecule has 5 nitrogen and oxygen atoms in total. The first-order valence-electron chi connectivity index (χ1n) is 4.73. The predicted octanol–water partition coefficient (Wildman–Crippen LogP) is 0.107. The second-order valence-corrected chi connectivity index (χ2v) is 3.43. The number of hydrogen-bond donors (Lipinski definition) is 2. The Bertz CT molecular complexity index is 306. The molecule has 1 aromatic rings. The highest BCUT2D eigenvalue weighted by molar-refractivity contribution is 5.51. The lowest BCUT2D eigenvalue weighted by Crippen LogP contribution is -2.31. The lowest BCUT2D eigenvalue weighted by molar-refractivity contribution is 0.0695. The van der Waals surface area contributed by atoms with Crippen molar-refractivity contribution in [3.05, 3.63) is 18.3 Å². The van der Waals surface area contributed by atoms with Gasteiger partial charge in [0, 0.05) is 38.7 Å². The van der Waals surface area contributed by atoms with Gasteiger partial charge in [-0.25, -0.2) is 4.98 Å². The first-order chi connectivity index (χ1) is 7.13. The van der Waals surface area contributed by atoms with Crippen LogP contribution in [0.15, 0.2) is 18.3 Å². The fourth-order valence-corrected chi connectivity index (χ4v) is 1.34. The molecular weight excluding hydrogens is 194 g/mol. The number of likely N-dealkylation sites (N-methyl/N-ethyl adjacent to an activating group) is 1. The van der Waals surface area contributed by atoms with Gasteiger partial charge in [-0.2, -0.15) is 0 Å². The summed E-state index contributed by atoms with van der Waals surface area (Å²) in [7, 11) is 3.45. The molecule has 3 N–H and O–H groups in total. The first-order valence-corrected chi connectivity index (χ1v) is 4.73. The average molecular weight is 211 g/mol. The molecule has 0 saturated carbocycles. The normalized spacial score (nSPS) is 12.5. The number of pyridine rings is 1. The second-order valence-electron chi connectivity index (χ2n) is 3.43. The van der Waals surface area contributed by atoms with Gasteiger partial charge in [-0.15, -0.1) is 0 Å². The Labute approximate surface area is 89.5 Å². The van der Waals surface area contributed by atoms with Crippen LogP contribution in [-0.4, -0.2) is 43.5 Å². The number of anilines is 2. The SMILES string of the molecule is COCC(O)CN(C)c1ccnc(N)c1. The maximum atomic E-state index is 9.54. The van der Waals surface area contributed by atoms with Crippen LogP contribution in [0.4, 0.5) is 11.5 Å². The number of aromatic nitrogens is 1. The molecule has 15 heavy (non-hydrogen) atoms. The molecule has 0 aliphatic carbocycles. The van der Waals surface area contributed by atoms with E-state index < -0.39 is 6.10 Å². The quantitative estimate of drug-likeness (QED) is 0.723. The Morgan fingerprint density at radius 1 is 1.67 bits per heavy atom. The second kappa shape index (κ2) is 5.53. The molecule has 84 valence electrons. The van der Waals surface area contributed by atoms with Crippen LogP contribution in [0.5, 0.6) is 0 Å². The molecule has 1 atom stereocenters. The maximum absolute atomic E-state index is 9.54. The largest absolute Gasteiger partial charge is 0.389 e. The number of rotatable bonds is 5. The Balaban J connectivity index is 2.56. The molecular formula is C10H17N3O2. The van der Waals surface area contributed by atoms with E-state index in [-0.39, 0.29) is 0 Å². The summed E-state index contributed by atoms with van der Waals surface area (Å²) in [6, 6.07) is 3.61. The zero-order chi connectivity index (χ0) is 11.3. The fraction of sp³-hybridized carbons (Fsp3) is 0.500. The van der Waals surface area contributed by atoms with Crippen molar-refractivity contribution in [2.75, 3.05) is 37.9 Å². The molecule has 0 aliphatic rings. The summed E-state index contributed by atoms with van der Waals surface area (Å²) in [5, 5.41) is 9.54. The van der Waals surface area contributed by atoms with Gasteiger partial charge >= 0.3 is 0 Å². The highest BCUT2D eigenvalue weighted by Crippen LogP contribution is 2.13. The van der Waals surface area contributed by atoms with Gasteiger partial charge in [0.15, 0.2) is 0 Å². The monoisotopic (exact) mass is 211 g/mol. The van der Waals surface area contributed by atoms with Crippen molar-refractivity contribution in [3.63, 3.8) is 0 Å². The Hall–Kier alpha value is -1.33. The van der Waals surface area contributed by atoms with Crippen LogP contribution >= 0.6 is 0 Å². The summed E-state index contributed by atoms with van der Waals surface area (Å²) in [4.78, 5) is 5.81. The van der Waals surface area contributed by atoms with Gasteiger partial charge in [0.2, 0.25) is 0 Å². The third kappa shape index (κ3) is 3.73. The van der Waals surface area contributed by atoms with Gasteiger partial charge in [0.25, 0.3) is 0 Å². The highest BCUT2D eigenvalue weighted by Gasteiger charge is 2.08. The lowest BCUT2D eigenvalue weighted by atomic mass is 10.3. The van der Waals surface area contributed by atoms with E-state index >= 15 is 0 Å². The lowest BCUT2D eigenvalue weighted by Gasteiger charge is -2.22. The molecule has 0 amide bonds. The molecule has 0 bridgehead atoms. The number of aliphatic hydroxyl groups is 1. The summed E-state index contributed by atoms with van der Waals surface area (Å²) in [5.74, 6) is 0.473. The molecule has 0 aromatic carbocycles. The van der Waals surface area contributed by atoms with Crippen LogP contribution in [0.1, 0.15) is 0 Å². The van der Waals surface area contributed by atoms with E-state index in [2.05, 4.69) is 4.98 Å². The van der Waals surface area contributed by atoms with Crippen LogP contribution in [0.25, 0.3) is 0 Å². The van der Waals surface area contributed by atoms with E-state index in [0.29, 0.717) is 19.0 Å². The van der Waals surface area contributed by atoms with Crippen molar-refractivity contribution < 1.29 is 9.84 Å². The third-order valence-corrected chi connectivity index (χ3v) is 2.05. The molecule has 1 heterocycles. The molecule has 0 aliphatic heterocycles. The van der Waals surface area contributed by atoms with Crippen molar-refractivity contribution >= 4 is 11.5 Å². The van der Waals surface area contributed by atoms with Gasteiger partial charge in [0.1, 0.15) is 5.82 Å². The third-order valence-electron chi connectivity index (χ3n) is 2.05. The van der Waals surface area contributed by atoms with E-state index in [9.17, 15) is 5.11 Å². The van der Waals surface area contributed by atoms with E-state index in [1.807, 2.05) is 18.0 Å². The molecule has 1 unspecified atom stereocenters. The molecule has 1 aromatic heterocycles. The summed E-state index contributed by atoms with van der Waals surface area (Å²) in [6.45, 7) is 0.822.